The topological polar surface area (TPSA) is 63.8 Å². The zero-order chi connectivity index (χ0) is 12.1. The Balaban J connectivity index is 2.20. The van der Waals surface area contributed by atoms with Crippen LogP contribution >= 0.6 is 11.5 Å². The number of benzene rings is 1. The Labute approximate surface area is 105 Å². The maximum Gasteiger partial charge on any atom is 0.0983 e. The third-order valence-electron chi connectivity index (χ3n) is 2.69. The van der Waals surface area contributed by atoms with E-state index in [0.717, 1.165) is 24.1 Å². The summed E-state index contributed by atoms with van der Waals surface area (Å²) in [4.78, 5) is 0. The average molecular weight is 248 g/mol. The average Bonchev–Trinajstić information content (AvgIpc) is 2.86. The highest BCUT2D eigenvalue weighted by Crippen LogP contribution is 2.20. The highest BCUT2D eigenvalue weighted by atomic mass is 32.1. The van der Waals surface area contributed by atoms with Gasteiger partial charge < -0.3 is 0 Å². The van der Waals surface area contributed by atoms with Gasteiger partial charge in [0.05, 0.1) is 11.7 Å². The van der Waals surface area contributed by atoms with E-state index >= 15 is 0 Å². The minimum atomic E-state index is -0.0792. The summed E-state index contributed by atoms with van der Waals surface area (Å²) in [5, 5.41) is 5.96. The normalized spacial score (nSPS) is 12.6. The van der Waals surface area contributed by atoms with Gasteiger partial charge in [0.1, 0.15) is 0 Å². The molecule has 0 fully saturated rings. The number of hydrogen-bond donors (Lipinski definition) is 2. The second kappa shape index (κ2) is 5.86. The van der Waals surface area contributed by atoms with Crippen molar-refractivity contribution in [3.05, 3.63) is 46.5 Å². The Morgan fingerprint density at radius 1 is 1.35 bits per heavy atom. The van der Waals surface area contributed by atoms with Gasteiger partial charge in [0.25, 0.3) is 0 Å². The number of nitrogens with one attached hydrogen (secondary N) is 1. The molecule has 0 amide bonds. The van der Waals surface area contributed by atoms with Crippen LogP contribution in [-0.4, -0.2) is 9.59 Å². The molecule has 1 unspecified atom stereocenters. The van der Waals surface area contributed by atoms with E-state index in [9.17, 15) is 0 Å². The second-order valence-corrected chi connectivity index (χ2v) is 4.53. The van der Waals surface area contributed by atoms with Gasteiger partial charge in [0.15, 0.2) is 0 Å². The van der Waals surface area contributed by atoms with Crippen molar-refractivity contribution in [1.29, 1.82) is 0 Å². The molecule has 5 heteroatoms. The van der Waals surface area contributed by atoms with Crippen LogP contribution in [0.2, 0.25) is 0 Å². The first-order valence-corrected chi connectivity index (χ1v) is 6.50. The largest absolute Gasteiger partial charge is 0.271 e. The van der Waals surface area contributed by atoms with E-state index < -0.39 is 0 Å². The van der Waals surface area contributed by atoms with E-state index in [-0.39, 0.29) is 6.04 Å². The van der Waals surface area contributed by atoms with Crippen molar-refractivity contribution in [2.75, 3.05) is 0 Å². The summed E-state index contributed by atoms with van der Waals surface area (Å²) in [5.41, 5.74) is 6.10. The molecular formula is C12H16N4S. The smallest absolute Gasteiger partial charge is 0.0983 e. The maximum atomic E-state index is 5.58. The fourth-order valence-electron chi connectivity index (χ4n) is 1.82. The fourth-order valence-corrected chi connectivity index (χ4v) is 2.30. The minimum Gasteiger partial charge on any atom is -0.271 e. The molecule has 0 aliphatic heterocycles. The fraction of sp³-hybridized carbons (Fsp3) is 0.333. The molecule has 1 aromatic heterocycles. The van der Waals surface area contributed by atoms with Crippen molar-refractivity contribution in [3.63, 3.8) is 0 Å². The lowest BCUT2D eigenvalue weighted by molar-refractivity contribution is 0.618. The van der Waals surface area contributed by atoms with Gasteiger partial charge in [-0.15, -0.1) is 5.10 Å². The molecule has 2 rings (SSSR count). The van der Waals surface area contributed by atoms with Crippen molar-refractivity contribution < 1.29 is 0 Å². The molecule has 0 saturated heterocycles. The van der Waals surface area contributed by atoms with Gasteiger partial charge in [0, 0.05) is 5.38 Å². The lowest BCUT2D eigenvalue weighted by Gasteiger charge is -2.13. The Morgan fingerprint density at radius 2 is 2.12 bits per heavy atom. The van der Waals surface area contributed by atoms with Crippen molar-refractivity contribution in [2.45, 2.75) is 25.8 Å². The van der Waals surface area contributed by atoms with E-state index in [2.05, 4.69) is 46.2 Å². The summed E-state index contributed by atoms with van der Waals surface area (Å²) in [6.45, 7) is 2.18. The van der Waals surface area contributed by atoms with Crippen LogP contribution in [0, 0.1) is 0 Å². The van der Waals surface area contributed by atoms with E-state index in [1.165, 1.54) is 17.1 Å². The molecule has 0 saturated carbocycles. The van der Waals surface area contributed by atoms with Crippen molar-refractivity contribution in [3.8, 4) is 0 Å². The highest BCUT2D eigenvalue weighted by molar-refractivity contribution is 7.03. The van der Waals surface area contributed by atoms with Crippen molar-refractivity contribution in [1.82, 2.24) is 15.0 Å². The molecule has 0 aliphatic carbocycles. The highest BCUT2D eigenvalue weighted by Gasteiger charge is 2.14. The molecule has 17 heavy (non-hydrogen) atoms. The monoisotopic (exact) mass is 248 g/mol. The number of nitrogens with two attached hydrogens (primary N) is 1. The quantitative estimate of drug-likeness (QED) is 0.628. The molecule has 0 spiro atoms. The van der Waals surface area contributed by atoms with Crippen LogP contribution in [0.1, 0.15) is 36.2 Å². The van der Waals surface area contributed by atoms with Crippen LogP contribution in [0.3, 0.4) is 0 Å². The molecule has 2 aromatic rings. The summed E-state index contributed by atoms with van der Waals surface area (Å²) in [6.07, 6.45) is 2.27. The SMILES string of the molecule is CCCc1ccc(C(NN)c2csnn2)cc1. The first kappa shape index (κ1) is 12.2. The first-order valence-electron chi connectivity index (χ1n) is 5.67. The molecule has 1 aromatic carbocycles. The minimum absolute atomic E-state index is 0.0792. The van der Waals surface area contributed by atoms with E-state index in [1.807, 2.05) is 5.38 Å². The van der Waals surface area contributed by atoms with Crippen molar-refractivity contribution in [2.24, 2.45) is 5.84 Å². The molecule has 90 valence electrons. The maximum absolute atomic E-state index is 5.58. The van der Waals surface area contributed by atoms with Gasteiger partial charge >= 0.3 is 0 Å². The van der Waals surface area contributed by atoms with Crippen LogP contribution in [0.25, 0.3) is 0 Å². The summed E-state index contributed by atoms with van der Waals surface area (Å²) < 4.78 is 3.86. The number of aromatic nitrogens is 2. The number of nitrogens with zero attached hydrogens (tertiary/aromatic N) is 2. The van der Waals surface area contributed by atoms with Gasteiger partial charge in [-0.25, -0.2) is 5.43 Å². The van der Waals surface area contributed by atoms with Gasteiger partial charge in [0.2, 0.25) is 0 Å². The van der Waals surface area contributed by atoms with Gasteiger partial charge in [-0.3, -0.25) is 5.84 Å². The number of hydrogen-bond acceptors (Lipinski definition) is 5. The number of aryl methyl sites for hydroxylation is 1. The molecule has 0 radical (unpaired) electrons. The molecule has 3 N–H and O–H groups in total. The number of rotatable bonds is 5. The zero-order valence-electron chi connectivity index (χ0n) is 9.76. The van der Waals surface area contributed by atoms with E-state index in [0.29, 0.717) is 0 Å². The third-order valence-corrected chi connectivity index (χ3v) is 3.21. The summed E-state index contributed by atoms with van der Waals surface area (Å²) in [5.74, 6) is 5.58. The van der Waals surface area contributed by atoms with Crippen molar-refractivity contribution >= 4 is 11.5 Å². The second-order valence-electron chi connectivity index (χ2n) is 3.92. The van der Waals surface area contributed by atoms with Crippen LogP contribution in [-0.2, 0) is 6.42 Å². The van der Waals surface area contributed by atoms with E-state index in [1.54, 1.807) is 0 Å². The first-order chi connectivity index (χ1) is 8.35. The predicted molar refractivity (Wildman–Crippen MR) is 69.5 cm³/mol. The summed E-state index contributed by atoms with van der Waals surface area (Å²) in [7, 11) is 0. The van der Waals surface area contributed by atoms with E-state index in [4.69, 9.17) is 5.84 Å². The zero-order valence-corrected chi connectivity index (χ0v) is 10.6. The standard InChI is InChI=1S/C12H16N4S/c1-2-3-9-4-6-10(7-5-9)12(14-13)11-8-17-16-15-11/h4-8,12,14H,2-3,13H2,1H3. The van der Waals surface area contributed by atoms with Gasteiger partial charge in [-0.1, -0.05) is 42.1 Å². The Bertz CT molecular complexity index is 438. The summed E-state index contributed by atoms with van der Waals surface area (Å²) >= 11 is 1.33. The van der Waals surface area contributed by atoms with Crippen LogP contribution < -0.4 is 11.3 Å². The molecule has 0 aliphatic rings. The Kier molecular flexibility index (Phi) is 4.19. The van der Waals surface area contributed by atoms with Crippen LogP contribution in [0.4, 0.5) is 0 Å². The lowest BCUT2D eigenvalue weighted by Crippen LogP contribution is -2.29. The predicted octanol–water partition coefficient (Wildman–Crippen LogP) is 2.04. The lowest BCUT2D eigenvalue weighted by atomic mass is 10.0. The Hall–Kier alpha value is -1.30. The third kappa shape index (κ3) is 2.88. The van der Waals surface area contributed by atoms with Gasteiger partial charge in [-0.05, 0) is 29.1 Å². The van der Waals surface area contributed by atoms with Crippen LogP contribution in [0.5, 0.6) is 0 Å². The van der Waals surface area contributed by atoms with Gasteiger partial charge in [-0.2, -0.15) is 0 Å². The molecular weight excluding hydrogens is 232 g/mol. The molecule has 1 atom stereocenters. The summed E-state index contributed by atoms with van der Waals surface area (Å²) in [6, 6.07) is 8.39. The molecule has 4 nitrogen and oxygen atoms in total. The molecule has 0 bridgehead atoms. The molecule has 1 heterocycles. The number of hydrazine groups is 1. The van der Waals surface area contributed by atoms with Crippen LogP contribution in [0.15, 0.2) is 29.6 Å². The Morgan fingerprint density at radius 3 is 2.65 bits per heavy atom.